The zero-order chi connectivity index (χ0) is 14.0. The van der Waals surface area contributed by atoms with E-state index in [9.17, 15) is 14.7 Å². The number of aliphatic carboxylic acids is 1. The molecule has 2 fully saturated rings. The third-order valence-corrected chi connectivity index (χ3v) is 4.03. The number of amides is 2. The lowest BCUT2D eigenvalue weighted by Crippen LogP contribution is -2.55. The summed E-state index contributed by atoms with van der Waals surface area (Å²) >= 11 is 0. The second-order valence-electron chi connectivity index (χ2n) is 5.99. The van der Waals surface area contributed by atoms with Crippen LogP contribution in [0.1, 0.15) is 32.6 Å². The van der Waals surface area contributed by atoms with Crippen molar-refractivity contribution in [3.8, 4) is 0 Å². The normalized spacial score (nSPS) is 28.7. The van der Waals surface area contributed by atoms with Crippen molar-refractivity contribution in [2.24, 2.45) is 5.92 Å². The van der Waals surface area contributed by atoms with Gasteiger partial charge in [0.2, 0.25) is 0 Å². The largest absolute Gasteiger partial charge is 0.481 e. The SMILES string of the molecule is CC1(O)CCCN(C(=O)N2CC(CC(=O)O)C2)CC1. The van der Waals surface area contributed by atoms with E-state index in [-0.39, 0.29) is 18.4 Å². The first-order valence-electron chi connectivity index (χ1n) is 6.85. The molecule has 2 aliphatic rings. The summed E-state index contributed by atoms with van der Waals surface area (Å²) in [5.74, 6) is -0.709. The van der Waals surface area contributed by atoms with Crippen molar-refractivity contribution in [3.63, 3.8) is 0 Å². The highest BCUT2D eigenvalue weighted by Gasteiger charge is 2.35. The van der Waals surface area contributed by atoms with Gasteiger partial charge in [-0.15, -0.1) is 0 Å². The molecule has 6 heteroatoms. The molecule has 2 saturated heterocycles. The van der Waals surface area contributed by atoms with Crippen molar-refractivity contribution < 1.29 is 19.8 Å². The monoisotopic (exact) mass is 270 g/mol. The number of hydrogen-bond donors (Lipinski definition) is 2. The zero-order valence-corrected chi connectivity index (χ0v) is 11.3. The maximum Gasteiger partial charge on any atom is 0.320 e. The van der Waals surface area contributed by atoms with Gasteiger partial charge >= 0.3 is 12.0 Å². The highest BCUT2D eigenvalue weighted by Crippen LogP contribution is 2.25. The molecule has 2 aliphatic heterocycles. The molecule has 0 aromatic heterocycles. The number of likely N-dealkylation sites (tertiary alicyclic amines) is 2. The summed E-state index contributed by atoms with van der Waals surface area (Å²) in [5.41, 5.74) is -0.671. The minimum atomic E-state index is -0.803. The average molecular weight is 270 g/mol. The number of rotatable bonds is 2. The van der Waals surface area contributed by atoms with Crippen LogP contribution in [0.4, 0.5) is 4.79 Å². The Balaban J connectivity index is 1.80. The summed E-state index contributed by atoms with van der Waals surface area (Å²) in [4.78, 5) is 26.2. The molecule has 1 unspecified atom stereocenters. The van der Waals surface area contributed by atoms with E-state index in [1.807, 2.05) is 6.92 Å². The van der Waals surface area contributed by atoms with E-state index in [0.29, 0.717) is 32.6 Å². The van der Waals surface area contributed by atoms with Crippen molar-refractivity contribution in [2.75, 3.05) is 26.2 Å². The van der Waals surface area contributed by atoms with Gasteiger partial charge in [0.15, 0.2) is 0 Å². The predicted molar refractivity (Wildman–Crippen MR) is 68.8 cm³/mol. The second kappa shape index (κ2) is 5.36. The Hall–Kier alpha value is -1.30. The maximum absolute atomic E-state index is 12.2. The third-order valence-electron chi connectivity index (χ3n) is 4.03. The van der Waals surface area contributed by atoms with E-state index in [1.54, 1.807) is 9.80 Å². The Morgan fingerprint density at radius 2 is 1.89 bits per heavy atom. The van der Waals surface area contributed by atoms with Crippen molar-refractivity contribution >= 4 is 12.0 Å². The van der Waals surface area contributed by atoms with Gasteiger partial charge in [-0.3, -0.25) is 4.79 Å². The van der Waals surface area contributed by atoms with Crippen LogP contribution in [-0.2, 0) is 4.79 Å². The molecule has 2 heterocycles. The summed E-state index contributed by atoms with van der Waals surface area (Å²) < 4.78 is 0. The van der Waals surface area contributed by atoms with Gasteiger partial charge in [-0.05, 0) is 26.2 Å². The van der Waals surface area contributed by atoms with E-state index in [4.69, 9.17) is 5.11 Å². The molecule has 0 bridgehead atoms. The minimum absolute atomic E-state index is 0.0145. The second-order valence-corrected chi connectivity index (χ2v) is 5.99. The Kier molecular flexibility index (Phi) is 3.99. The van der Waals surface area contributed by atoms with E-state index >= 15 is 0 Å². The molecule has 2 N–H and O–H groups in total. The minimum Gasteiger partial charge on any atom is -0.481 e. The van der Waals surface area contributed by atoms with Crippen LogP contribution in [0.15, 0.2) is 0 Å². The number of nitrogens with zero attached hydrogens (tertiary/aromatic N) is 2. The standard InChI is InChI=1S/C13H22N2O4/c1-13(19)3-2-5-14(6-4-13)12(18)15-8-10(9-15)7-11(16)17/h10,19H,2-9H2,1H3,(H,16,17). The van der Waals surface area contributed by atoms with E-state index in [0.717, 1.165) is 12.8 Å². The molecule has 0 aliphatic carbocycles. The highest BCUT2D eigenvalue weighted by atomic mass is 16.4. The van der Waals surface area contributed by atoms with Crippen LogP contribution in [0.25, 0.3) is 0 Å². The first-order valence-corrected chi connectivity index (χ1v) is 6.85. The maximum atomic E-state index is 12.2. The third kappa shape index (κ3) is 3.59. The molecule has 2 amide bonds. The predicted octanol–water partition coefficient (Wildman–Crippen LogP) is 0.750. The van der Waals surface area contributed by atoms with Crippen molar-refractivity contribution in [3.05, 3.63) is 0 Å². The van der Waals surface area contributed by atoms with Gasteiger partial charge in [-0.1, -0.05) is 0 Å². The molecular formula is C13H22N2O4. The Bertz CT molecular complexity index is 364. The molecule has 19 heavy (non-hydrogen) atoms. The lowest BCUT2D eigenvalue weighted by Gasteiger charge is -2.41. The topological polar surface area (TPSA) is 81.1 Å². The fourth-order valence-electron chi connectivity index (χ4n) is 2.76. The fraction of sp³-hybridized carbons (Fsp3) is 0.846. The Labute approximate surface area is 113 Å². The van der Waals surface area contributed by atoms with Crippen LogP contribution in [0.5, 0.6) is 0 Å². The number of carboxylic acids is 1. The van der Waals surface area contributed by atoms with Gasteiger partial charge in [0, 0.05) is 32.1 Å². The Morgan fingerprint density at radius 3 is 2.53 bits per heavy atom. The summed E-state index contributed by atoms with van der Waals surface area (Å²) in [7, 11) is 0. The number of aliphatic hydroxyl groups is 1. The molecule has 108 valence electrons. The zero-order valence-electron chi connectivity index (χ0n) is 11.3. The van der Waals surface area contributed by atoms with Gasteiger partial charge in [-0.2, -0.15) is 0 Å². The van der Waals surface area contributed by atoms with Crippen molar-refractivity contribution in [1.82, 2.24) is 9.80 Å². The number of urea groups is 1. The Morgan fingerprint density at radius 1 is 1.21 bits per heavy atom. The van der Waals surface area contributed by atoms with Gasteiger partial charge in [-0.25, -0.2) is 4.79 Å². The van der Waals surface area contributed by atoms with Crippen LogP contribution in [0.3, 0.4) is 0 Å². The van der Waals surface area contributed by atoms with Crippen LogP contribution in [0, 0.1) is 5.92 Å². The molecule has 0 radical (unpaired) electrons. The van der Waals surface area contributed by atoms with Crippen LogP contribution in [0.2, 0.25) is 0 Å². The molecular weight excluding hydrogens is 248 g/mol. The first-order chi connectivity index (χ1) is 8.87. The molecule has 6 nitrogen and oxygen atoms in total. The number of carbonyl (C=O) groups is 2. The first kappa shape index (κ1) is 14.1. The average Bonchev–Trinajstić information content (AvgIpc) is 2.43. The summed E-state index contributed by atoms with van der Waals surface area (Å²) in [6.45, 7) is 4.14. The molecule has 0 aromatic rings. The van der Waals surface area contributed by atoms with Crippen molar-refractivity contribution in [2.45, 2.75) is 38.2 Å². The summed E-state index contributed by atoms with van der Waals surface area (Å²) in [6, 6.07) is -0.0145. The quantitative estimate of drug-likeness (QED) is 0.776. The summed E-state index contributed by atoms with van der Waals surface area (Å²) in [6.07, 6.45) is 2.27. The van der Waals surface area contributed by atoms with Gasteiger partial charge in [0.05, 0.1) is 12.0 Å². The molecule has 1 atom stereocenters. The van der Waals surface area contributed by atoms with Crippen LogP contribution < -0.4 is 0 Å². The van der Waals surface area contributed by atoms with Gasteiger partial charge in [0.1, 0.15) is 0 Å². The molecule has 2 rings (SSSR count). The van der Waals surface area contributed by atoms with Gasteiger partial charge < -0.3 is 20.0 Å². The number of carboxylic acid groups (broad SMARTS) is 1. The smallest absolute Gasteiger partial charge is 0.320 e. The van der Waals surface area contributed by atoms with Crippen molar-refractivity contribution in [1.29, 1.82) is 0 Å². The number of carbonyl (C=O) groups excluding carboxylic acids is 1. The van der Waals surface area contributed by atoms with Crippen LogP contribution in [-0.4, -0.2) is 63.8 Å². The molecule has 0 saturated carbocycles. The van der Waals surface area contributed by atoms with E-state index in [1.165, 1.54) is 0 Å². The highest BCUT2D eigenvalue weighted by molar-refractivity contribution is 5.76. The fourth-order valence-corrected chi connectivity index (χ4v) is 2.76. The van der Waals surface area contributed by atoms with Gasteiger partial charge in [0.25, 0.3) is 0 Å². The van der Waals surface area contributed by atoms with E-state index < -0.39 is 11.6 Å². The lowest BCUT2D eigenvalue weighted by atomic mass is 9.97. The molecule has 0 aromatic carbocycles. The summed E-state index contributed by atoms with van der Waals surface area (Å²) in [5, 5.41) is 18.7. The van der Waals surface area contributed by atoms with Crippen LogP contribution >= 0.6 is 0 Å². The van der Waals surface area contributed by atoms with E-state index in [2.05, 4.69) is 0 Å². The lowest BCUT2D eigenvalue weighted by molar-refractivity contribution is -0.139. The number of hydrogen-bond acceptors (Lipinski definition) is 3. The molecule has 0 spiro atoms.